The minimum Gasteiger partial charge on any atom is -0.442 e. The third kappa shape index (κ3) is 3.42. The average Bonchev–Trinajstić information content (AvgIpc) is 2.09. The van der Waals surface area contributed by atoms with Crippen molar-refractivity contribution in [1.82, 2.24) is 0 Å². The fraction of sp³-hybridized carbons (Fsp3) is 0.667. The molecule has 1 aliphatic carbocycles. The Morgan fingerprint density at radius 3 is 3.33 bits per heavy atom. The Labute approximate surface area is 74.0 Å². The highest BCUT2D eigenvalue weighted by molar-refractivity contribution is 5.65. The van der Waals surface area contributed by atoms with Gasteiger partial charge in [0.15, 0.2) is 1.41 Å². The van der Waals surface area contributed by atoms with Crippen molar-refractivity contribution in [1.29, 1.82) is 0 Å². The van der Waals surface area contributed by atoms with Crippen LogP contribution in [-0.2, 0) is 4.74 Å². The number of nitrogens with two attached hydrogens (primary N) is 1. The molecule has 1 atom stereocenters. The topological polar surface area (TPSA) is 52.3 Å². The van der Waals surface area contributed by atoms with Crippen LogP contribution in [0.5, 0.6) is 0 Å². The largest absolute Gasteiger partial charge is 0.442 e. The Balaban J connectivity index is 2.37. The molecule has 0 saturated heterocycles. The summed E-state index contributed by atoms with van der Waals surface area (Å²) in [6, 6.07) is 0. The molecular formula is C9H15NO2. The van der Waals surface area contributed by atoms with Gasteiger partial charge in [0.25, 0.3) is 0 Å². The fourth-order valence-electron chi connectivity index (χ4n) is 1.36. The lowest BCUT2D eigenvalue weighted by Gasteiger charge is -2.14. The average molecular weight is 170 g/mol. The molecule has 0 heterocycles. The highest BCUT2D eigenvalue weighted by atomic mass is 16.6. The van der Waals surface area contributed by atoms with Gasteiger partial charge in [0.1, 0.15) is 6.10 Å². The molecule has 1 rings (SSSR count). The van der Waals surface area contributed by atoms with Crippen molar-refractivity contribution in [3.8, 4) is 0 Å². The zero-order valence-corrected chi connectivity index (χ0v) is 7.08. The standard InChI is InChI=1S/C9H15NO2/c10-9(11)12-8-6-4-2-1-3-5-7-8/h4,6,8H,1-3,5,7H2,(H2,10,11)/b6-4+/i/hD. The van der Waals surface area contributed by atoms with Gasteiger partial charge in [-0.1, -0.05) is 12.5 Å². The summed E-state index contributed by atoms with van der Waals surface area (Å²) < 4.78 is 11.5. The summed E-state index contributed by atoms with van der Waals surface area (Å²) in [4.78, 5) is 10.7. The van der Waals surface area contributed by atoms with Crippen LogP contribution in [-0.4, -0.2) is 12.2 Å². The van der Waals surface area contributed by atoms with Crippen molar-refractivity contribution in [2.75, 3.05) is 0 Å². The molecule has 0 aromatic carbocycles. The predicted molar refractivity (Wildman–Crippen MR) is 46.7 cm³/mol. The second-order valence-electron chi connectivity index (χ2n) is 3.01. The normalized spacial score (nSPS) is 27.7. The molecule has 0 radical (unpaired) electrons. The van der Waals surface area contributed by atoms with Crippen LogP contribution in [0.1, 0.15) is 32.1 Å². The molecule has 1 unspecified atom stereocenters. The van der Waals surface area contributed by atoms with Gasteiger partial charge in [-0.2, -0.15) is 0 Å². The van der Waals surface area contributed by atoms with E-state index in [1.165, 1.54) is 12.8 Å². The van der Waals surface area contributed by atoms with Gasteiger partial charge < -0.3 is 10.5 Å². The molecule has 68 valence electrons. The number of hydrogen-bond acceptors (Lipinski definition) is 2. The lowest BCUT2D eigenvalue weighted by atomic mass is 10.0. The van der Waals surface area contributed by atoms with E-state index in [0.717, 1.165) is 19.3 Å². The lowest BCUT2D eigenvalue weighted by molar-refractivity contribution is 0.123. The maximum atomic E-state index is 10.7. The van der Waals surface area contributed by atoms with Crippen LogP contribution in [0.2, 0.25) is 1.41 Å². The van der Waals surface area contributed by atoms with E-state index in [9.17, 15) is 4.79 Å². The van der Waals surface area contributed by atoms with Crippen molar-refractivity contribution >= 4 is 6.09 Å². The van der Waals surface area contributed by atoms with E-state index < -0.39 is 6.09 Å². The molecule has 3 heteroatoms. The van der Waals surface area contributed by atoms with Crippen LogP contribution >= 0.6 is 0 Å². The second kappa shape index (κ2) is 4.80. The molecule has 0 saturated carbocycles. The minimum absolute atomic E-state index is 0.148. The predicted octanol–water partition coefficient (Wildman–Crippen LogP) is 1.97. The van der Waals surface area contributed by atoms with Crippen molar-refractivity contribution in [3.63, 3.8) is 0 Å². The van der Waals surface area contributed by atoms with E-state index in [0.29, 0.717) is 0 Å². The first kappa shape index (κ1) is 7.65. The quantitative estimate of drug-likeness (QED) is 0.612. The summed E-state index contributed by atoms with van der Waals surface area (Å²) in [6.45, 7) is 0. The van der Waals surface area contributed by atoms with Crippen LogP contribution in [0.4, 0.5) is 4.79 Å². The molecule has 0 aliphatic heterocycles. The van der Waals surface area contributed by atoms with Crippen molar-refractivity contribution in [2.45, 2.75) is 38.2 Å². The summed E-state index contributed by atoms with van der Waals surface area (Å²) in [6.07, 6.45) is 8.55. The smallest absolute Gasteiger partial charge is 0.405 e. The van der Waals surface area contributed by atoms with Crippen LogP contribution in [0.15, 0.2) is 12.2 Å². The highest BCUT2D eigenvalue weighted by Crippen LogP contribution is 2.13. The van der Waals surface area contributed by atoms with E-state index in [1.807, 2.05) is 12.2 Å². The Bertz CT molecular complexity index is 194. The molecule has 12 heavy (non-hydrogen) atoms. The molecule has 2 N–H and O–H groups in total. The summed E-state index contributed by atoms with van der Waals surface area (Å²) in [5.74, 6) is 0. The SMILES string of the molecule is [2H]NC(=O)OC1/C=C/CCCCC1. The van der Waals surface area contributed by atoms with E-state index >= 15 is 0 Å². The minimum atomic E-state index is -0.671. The van der Waals surface area contributed by atoms with Crippen LogP contribution < -0.4 is 5.73 Å². The van der Waals surface area contributed by atoms with Crippen LogP contribution in [0.3, 0.4) is 0 Å². The molecule has 0 aromatic heterocycles. The van der Waals surface area contributed by atoms with Gasteiger partial charge in [-0.15, -0.1) is 0 Å². The van der Waals surface area contributed by atoms with Gasteiger partial charge in [0, 0.05) is 0 Å². The van der Waals surface area contributed by atoms with E-state index in [4.69, 9.17) is 6.15 Å². The first-order chi connectivity index (χ1) is 6.33. The number of hydrogen-bond donors (Lipinski definition) is 1. The maximum absolute atomic E-state index is 10.7. The van der Waals surface area contributed by atoms with E-state index in [2.05, 4.69) is 0 Å². The maximum Gasteiger partial charge on any atom is 0.405 e. The molecular weight excluding hydrogens is 154 g/mol. The van der Waals surface area contributed by atoms with E-state index in [1.54, 1.807) is 5.73 Å². The number of primary amides is 1. The third-order valence-corrected chi connectivity index (χ3v) is 1.97. The molecule has 0 aromatic rings. The number of carbonyl (C=O) groups excluding carboxylic acids is 1. The highest BCUT2D eigenvalue weighted by Gasteiger charge is 2.09. The summed E-state index contributed by atoms with van der Waals surface area (Å²) >= 11 is 0. The summed E-state index contributed by atoms with van der Waals surface area (Å²) in [5, 5.41) is 0. The summed E-state index contributed by atoms with van der Waals surface area (Å²) in [7, 11) is 0. The fourth-order valence-corrected chi connectivity index (χ4v) is 1.36. The third-order valence-electron chi connectivity index (χ3n) is 1.97. The molecule has 0 spiro atoms. The van der Waals surface area contributed by atoms with Crippen molar-refractivity contribution < 1.29 is 10.9 Å². The van der Waals surface area contributed by atoms with Crippen LogP contribution in [0, 0.1) is 0 Å². The van der Waals surface area contributed by atoms with Crippen LogP contribution in [0.25, 0.3) is 0 Å². The van der Waals surface area contributed by atoms with Crippen molar-refractivity contribution in [3.05, 3.63) is 12.2 Å². The second-order valence-corrected chi connectivity index (χ2v) is 3.01. The molecule has 0 bridgehead atoms. The Morgan fingerprint density at radius 2 is 2.50 bits per heavy atom. The van der Waals surface area contributed by atoms with Gasteiger partial charge in [-0.05, 0) is 31.8 Å². The summed E-state index contributed by atoms with van der Waals surface area (Å²) in [5.41, 5.74) is 1.70. The number of ether oxygens (including phenoxy) is 1. The lowest BCUT2D eigenvalue weighted by Crippen LogP contribution is -2.21. The number of carbonyl (C=O) groups is 1. The van der Waals surface area contributed by atoms with Gasteiger partial charge in [-0.3, -0.25) is 0 Å². The van der Waals surface area contributed by atoms with Gasteiger partial charge in [-0.25, -0.2) is 4.79 Å². The number of rotatable bonds is 1. The van der Waals surface area contributed by atoms with Gasteiger partial charge in [0.05, 0.1) is 0 Å². The zero-order valence-electron chi connectivity index (χ0n) is 8.08. The monoisotopic (exact) mass is 170 g/mol. The number of amides is 1. The molecule has 3 nitrogen and oxygen atoms in total. The van der Waals surface area contributed by atoms with E-state index in [-0.39, 0.29) is 6.10 Å². The Morgan fingerprint density at radius 1 is 1.58 bits per heavy atom. The van der Waals surface area contributed by atoms with Gasteiger partial charge >= 0.3 is 6.09 Å². The first-order valence-electron chi connectivity index (χ1n) is 4.88. The Kier molecular flexibility index (Phi) is 3.06. The molecule has 1 aliphatic rings. The van der Waals surface area contributed by atoms with Crippen molar-refractivity contribution in [2.24, 2.45) is 5.73 Å². The molecule has 1 amide bonds. The van der Waals surface area contributed by atoms with Gasteiger partial charge in [0.2, 0.25) is 0 Å². The number of allylic oxidation sites excluding steroid dienone is 1. The molecule has 0 fully saturated rings. The Hall–Kier alpha value is -0.990. The first-order valence-corrected chi connectivity index (χ1v) is 4.38. The zero-order chi connectivity index (χ0) is 9.52.